The van der Waals surface area contributed by atoms with Crippen LogP contribution in [0.1, 0.15) is 20.3 Å². The minimum Gasteiger partial charge on any atom is -0.336 e. The van der Waals surface area contributed by atoms with E-state index in [1.807, 2.05) is 32.0 Å². The van der Waals surface area contributed by atoms with E-state index in [9.17, 15) is 9.59 Å². The lowest BCUT2D eigenvalue weighted by Gasteiger charge is -2.37. The highest BCUT2D eigenvalue weighted by atomic mass is 16.2. The second kappa shape index (κ2) is 4.20. The maximum absolute atomic E-state index is 12.4. The number of nitrogens with one attached hydrogen (secondary N) is 1. The zero-order valence-corrected chi connectivity index (χ0v) is 10.1. The highest BCUT2D eigenvalue weighted by Crippen LogP contribution is 2.29. The molecule has 3 amide bonds. The number of carbonyl (C=O) groups is 2. The molecular formula is C13H16N2O2. The normalized spacial score (nSPS) is 24.7. The Bertz CT molecular complexity index is 444. The first-order valence-corrected chi connectivity index (χ1v) is 5.76. The first-order chi connectivity index (χ1) is 8.08. The Labute approximate surface area is 101 Å². The molecule has 1 unspecified atom stereocenters. The van der Waals surface area contributed by atoms with Gasteiger partial charge < -0.3 is 5.32 Å². The van der Waals surface area contributed by atoms with E-state index >= 15 is 0 Å². The van der Waals surface area contributed by atoms with Gasteiger partial charge in [-0.15, -0.1) is 0 Å². The number of anilines is 1. The standard InChI is InChI=1S/C13H16N2O2/c1-3-13(2)9-14-12(17)15(11(13)16)10-7-5-4-6-8-10/h4-8H,3,9H2,1-2H3,(H,14,17). The number of carbonyl (C=O) groups excluding carboxylic acids is 2. The zero-order valence-electron chi connectivity index (χ0n) is 10.1. The SMILES string of the molecule is CCC1(C)CNC(=O)N(c2ccccc2)C1=O. The molecule has 90 valence electrons. The molecule has 1 N–H and O–H groups in total. The molecule has 1 aromatic rings. The van der Waals surface area contributed by atoms with Crippen molar-refractivity contribution in [3.8, 4) is 0 Å². The third kappa shape index (κ3) is 1.90. The summed E-state index contributed by atoms with van der Waals surface area (Å²) in [7, 11) is 0. The lowest BCUT2D eigenvalue weighted by molar-refractivity contribution is -0.127. The third-order valence-corrected chi connectivity index (χ3v) is 3.35. The molecule has 1 atom stereocenters. The molecule has 0 spiro atoms. The van der Waals surface area contributed by atoms with Gasteiger partial charge in [0.15, 0.2) is 0 Å². The van der Waals surface area contributed by atoms with Crippen LogP contribution in [0.5, 0.6) is 0 Å². The molecule has 1 fully saturated rings. The summed E-state index contributed by atoms with van der Waals surface area (Å²) in [5, 5.41) is 2.77. The summed E-state index contributed by atoms with van der Waals surface area (Å²) < 4.78 is 0. The summed E-state index contributed by atoms with van der Waals surface area (Å²) in [6.45, 7) is 4.24. The molecule has 0 saturated carbocycles. The highest BCUT2D eigenvalue weighted by molar-refractivity contribution is 6.17. The van der Waals surface area contributed by atoms with Gasteiger partial charge in [-0.3, -0.25) is 4.79 Å². The Hall–Kier alpha value is -1.84. The minimum atomic E-state index is -0.510. The van der Waals surface area contributed by atoms with Crippen molar-refractivity contribution in [3.63, 3.8) is 0 Å². The maximum atomic E-state index is 12.4. The van der Waals surface area contributed by atoms with E-state index in [2.05, 4.69) is 5.32 Å². The van der Waals surface area contributed by atoms with Crippen LogP contribution in [0.25, 0.3) is 0 Å². The van der Waals surface area contributed by atoms with Gasteiger partial charge in [0.2, 0.25) is 5.91 Å². The predicted octanol–water partition coefficient (Wildman–Crippen LogP) is 2.16. The molecule has 4 heteroatoms. The molecule has 1 aliphatic heterocycles. The molecule has 1 heterocycles. The van der Waals surface area contributed by atoms with Crippen LogP contribution in [0.3, 0.4) is 0 Å². The van der Waals surface area contributed by atoms with Crippen molar-refractivity contribution in [3.05, 3.63) is 30.3 Å². The number of benzene rings is 1. The second-order valence-corrected chi connectivity index (χ2v) is 4.55. The van der Waals surface area contributed by atoms with E-state index in [0.29, 0.717) is 18.7 Å². The molecule has 0 aliphatic carbocycles. The summed E-state index contributed by atoms with van der Waals surface area (Å²) in [4.78, 5) is 25.4. The Morgan fingerprint density at radius 1 is 1.29 bits per heavy atom. The largest absolute Gasteiger partial charge is 0.336 e. The van der Waals surface area contributed by atoms with Gasteiger partial charge in [0.05, 0.1) is 11.1 Å². The van der Waals surface area contributed by atoms with Gasteiger partial charge in [-0.2, -0.15) is 0 Å². The number of para-hydroxylation sites is 1. The van der Waals surface area contributed by atoms with Crippen LogP contribution in [0.2, 0.25) is 0 Å². The molecule has 0 bridgehead atoms. The molecule has 1 saturated heterocycles. The van der Waals surface area contributed by atoms with Crippen LogP contribution in [0.4, 0.5) is 10.5 Å². The van der Waals surface area contributed by atoms with Crippen molar-refractivity contribution in [1.82, 2.24) is 5.32 Å². The monoisotopic (exact) mass is 232 g/mol. The van der Waals surface area contributed by atoms with E-state index in [-0.39, 0.29) is 11.9 Å². The first kappa shape index (κ1) is 11.6. The molecule has 0 aromatic heterocycles. The highest BCUT2D eigenvalue weighted by Gasteiger charge is 2.42. The van der Waals surface area contributed by atoms with Crippen molar-refractivity contribution in [2.45, 2.75) is 20.3 Å². The summed E-state index contributed by atoms with van der Waals surface area (Å²) in [6.07, 6.45) is 0.704. The number of hydrogen-bond donors (Lipinski definition) is 1. The van der Waals surface area contributed by atoms with Crippen molar-refractivity contribution in [2.75, 3.05) is 11.4 Å². The predicted molar refractivity (Wildman–Crippen MR) is 65.7 cm³/mol. The smallest absolute Gasteiger partial charge is 0.328 e. The minimum absolute atomic E-state index is 0.130. The molecule has 2 rings (SSSR count). The Balaban J connectivity index is 2.38. The van der Waals surface area contributed by atoms with Crippen LogP contribution < -0.4 is 10.2 Å². The van der Waals surface area contributed by atoms with Crippen LogP contribution >= 0.6 is 0 Å². The average Bonchev–Trinajstić information content (AvgIpc) is 2.36. The van der Waals surface area contributed by atoms with Crippen LogP contribution in [-0.4, -0.2) is 18.5 Å². The number of rotatable bonds is 2. The first-order valence-electron chi connectivity index (χ1n) is 5.76. The summed E-state index contributed by atoms with van der Waals surface area (Å²) in [5.41, 5.74) is 0.110. The zero-order chi connectivity index (χ0) is 12.5. The topological polar surface area (TPSA) is 49.4 Å². The number of urea groups is 1. The average molecular weight is 232 g/mol. The van der Waals surface area contributed by atoms with Crippen molar-refractivity contribution in [1.29, 1.82) is 0 Å². The van der Waals surface area contributed by atoms with E-state index in [1.54, 1.807) is 12.1 Å². The molecule has 4 nitrogen and oxygen atoms in total. The van der Waals surface area contributed by atoms with E-state index in [4.69, 9.17) is 0 Å². The number of imide groups is 1. The Morgan fingerprint density at radius 2 is 1.94 bits per heavy atom. The summed E-state index contributed by atoms with van der Waals surface area (Å²) in [6, 6.07) is 8.67. The number of amides is 3. The quantitative estimate of drug-likeness (QED) is 0.849. The third-order valence-electron chi connectivity index (χ3n) is 3.35. The number of nitrogens with zero attached hydrogens (tertiary/aromatic N) is 1. The summed E-state index contributed by atoms with van der Waals surface area (Å²) in [5.74, 6) is -0.130. The van der Waals surface area contributed by atoms with Crippen molar-refractivity contribution < 1.29 is 9.59 Å². The van der Waals surface area contributed by atoms with Gasteiger partial charge in [0.1, 0.15) is 0 Å². The fraction of sp³-hybridized carbons (Fsp3) is 0.385. The van der Waals surface area contributed by atoms with Gasteiger partial charge in [-0.05, 0) is 25.5 Å². The summed E-state index contributed by atoms with van der Waals surface area (Å²) >= 11 is 0. The molecule has 0 radical (unpaired) electrons. The van der Waals surface area contributed by atoms with Gasteiger partial charge >= 0.3 is 6.03 Å². The van der Waals surface area contributed by atoms with Crippen molar-refractivity contribution >= 4 is 17.6 Å². The van der Waals surface area contributed by atoms with Gasteiger partial charge in [0, 0.05) is 6.54 Å². The fourth-order valence-electron chi connectivity index (χ4n) is 1.88. The van der Waals surface area contributed by atoms with Crippen LogP contribution in [-0.2, 0) is 4.79 Å². The Kier molecular flexibility index (Phi) is 2.88. The fourth-order valence-corrected chi connectivity index (χ4v) is 1.88. The second-order valence-electron chi connectivity index (χ2n) is 4.55. The van der Waals surface area contributed by atoms with Crippen LogP contribution in [0.15, 0.2) is 30.3 Å². The van der Waals surface area contributed by atoms with Crippen LogP contribution in [0, 0.1) is 5.41 Å². The molecular weight excluding hydrogens is 216 g/mol. The number of hydrogen-bond acceptors (Lipinski definition) is 2. The lowest BCUT2D eigenvalue weighted by atomic mass is 9.84. The van der Waals surface area contributed by atoms with Gasteiger partial charge in [-0.25, -0.2) is 9.69 Å². The maximum Gasteiger partial charge on any atom is 0.328 e. The van der Waals surface area contributed by atoms with Gasteiger partial charge in [-0.1, -0.05) is 25.1 Å². The molecule has 1 aliphatic rings. The molecule has 17 heavy (non-hydrogen) atoms. The van der Waals surface area contributed by atoms with E-state index in [0.717, 1.165) is 0 Å². The van der Waals surface area contributed by atoms with E-state index in [1.165, 1.54) is 4.90 Å². The Morgan fingerprint density at radius 3 is 2.53 bits per heavy atom. The van der Waals surface area contributed by atoms with E-state index < -0.39 is 5.41 Å². The molecule has 1 aromatic carbocycles. The van der Waals surface area contributed by atoms with Gasteiger partial charge in [0.25, 0.3) is 0 Å². The lowest BCUT2D eigenvalue weighted by Crippen LogP contribution is -2.59. The van der Waals surface area contributed by atoms with Crippen molar-refractivity contribution in [2.24, 2.45) is 5.41 Å².